The van der Waals surface area contributed by atoms with Crippen molar-refractivity contribution in [3.8, 4) is 0 Å². The third kappa shape index (κ3) is 2.76. The van der Waals surface area contributed by atoms with E-state index in [1.165, 1.54) is 0 Å². The Morgan fingerprint density at radius 2 is 2.10 bits per heavy atom. The fourth-order valence-electron chi connectivity index (χ4n) is 2.23. The Kier molecular flexibility index (Phi) is 3.62. The number of halogens is 1. The van der Waals surface area contributed by atoms with Gasteiger partial charge in [-0.25, -0.2) is 4.98 Å². The van der Waals surface area contributed by atoms with Crippen LogP contribution in [0, 0.1) is 6.92 Å². The smallest absolute Gasteiger partial charge is 0.255 e. The second kappa shape index (κ2) is 5.58. The summed E-state index contributed by atoms with van der Waals surface area (Å²) in [7, 11) is 0. The Bertz CT molecular complexity index is 810. The van der Waals surface area contributed by atoms with Gasteiger partial charge in [0.2, 0.25) is 0 Å². The molecule has 4 nitrogen and oxygen atoms in total. The molecule has 0 atom stereocenters. The first kappa shape index (κ1) is 13.6. The van der Waals surface area contributed by atoms with E-state index in [4.69, 9.17) is 11.6 Å². The first-order valence-corrected chi connectivity index (χ1v) is 6.99. The third-order valence-electron chi connectivity index (χ3n) is 3.25. The minimum Gasteiger partial charge on any atom is -0.348 e. The Balaban J connectivity index is 1.83. The summed E-state index contributed by atoms with van der Waals surface area (Å²) in [4.78, 5) is 16.7. The minimum absolute atomic E-state index is 0.161. The van der Waals surface area contributed by atoms with Crippen LogP contribution in [-0.2, 0) is 6.54 Å². The molecular formula is C16H14ClN3O. The highest BCUT2D eigenvalue weighted by Gasteiger charge is 2.12. The van der Waals surface area contributed by atoms with Crippen LogP contribution in [0.5, 0.6) is 0 Å². The van der Waals surface area contributed by atoms with E-state index < -0.39 is 0 Å². The fraction of sp³-hybridized carbons (Fsp3) is 0.125. The summed E-state index contributed by atoms with van der Waals surface area (Å²) in [6, 6.07) is 11.1. The van der Waals surface area contributed by atoms with Gasteiger partial charge in [0.1, 0.15) is 5.65 Å². The van der Waals surface area contributed by atoms with Crippen molar-refractivity contribution in [1.82, 2.24) is 14.7 Å². The molecule has 0 spiro atoms. The van der Waals surface area contributed by atoms with Gasteiger partial charge in [-0.15, -0.1) is 0 Å². The van der Waals surface area contributed by atoms with Crippen LogP contribution in [0.15, 0.2) is 48.8 Å². The normalized spacial score (nSPS) is 10.8. The molecule has 0 saturated carbocycles. The molecule has 1 aromatic carbocycles. The summed E-state index contributed by atoms with van der Waals surface area (Å²) in [6.07, 6.45) is 3.76. The van der Waals surface area contributed by atoms with Gasteiger partial charge in [-0.3, -0.25) is 4.79 Å². The van der Waals surface area contributed by atoms with Crippen molar-refractivity contribution in [1.29, 1.82) is 0 Å². The zero-order valence-corrected chi connectivity index (χ0v) is 12.3. The lowest BCUT2D eigenvalue weighted by molar-refractivity contribution is 0.0952. The van der Waals surface area contributed by atoms with Crippen LogP contribution >= 0.6 is 11.6 Å². The van der Waals surface area contributed by atoms with E-state index in [2.05, 4.69) is 10.3 Å². The molecule has 2 heterocycles. The number of rotatable bonds is 3. The number of carbonyl (C=O) groups excluding carboxylic acids is 1. The van der Waals surface area contributed by atoms with Gasteiger partial charge < -0.3 is 9.72 Å². The highest BCUT2D eigenvalue weighted by Crippen LogP contribution is 2.15. The molecule has 106 valence electrons. The summed E-state index contributed by atoms with van der Waals surface area (Å²) in [5.74, 6) is -0.161. The van der Waals surface area contributed by atoms with Gasteiger partial charge in [-0.05, 0) is 30.7 Å². The number of amides is 1. The maximum absolute atomic E-state index is 12.3. The van der Waals surface area contributed by atoms with Crippen molar-refractivity contribution in [2.45, 2.75) is 13.5 Å². The summed E-state index contributed by atoms with van der Waals surface area (Å²) in [5.41, 5.74) is 2.98. The molecule has 2 aromatic heterocycles. The van der Waals surface area contributed by atoms with Crippen LogP contribution in [-0.4, -0.2) is 15.3 Å². The first-order valence-electron chi connectivity index (χ1n) is 6.61. The molecule has 0 aliphatic carbocycles. The topological polar surface area (TPSA) is 46.4 Å². The first-order chi connectivity index (χ1) is 10.1. The largest absolute Gasteiger partial charge is 0.348 e. The number of nitrogens with one attached hydrogen (secondary N) is 1. The van der Waals surface area contributed by atoms with E-state index >= 15 is 0 Å². The van der Waals surface area contributed by atoms with E-state index in [-0.39, 0.29) is 5.91 Å². The Labute approximate surface area is 127 Å². The number of imidazole rings is 1. The summed E-state index contributed by atoms with van der Waals surface area (Å²) >= 11 is 6.08. The number of nitrogens with zero attached hydrogens (tertiary/aromatic N) is 2. The predicted molar refractivity (Wildman–Crippen MR) is 82.6 cm³/mol. The molecule has 3 rings (SSSR count). The standard InChI is InChI=1S/C16H14ClN3O/c1-11-10-20-8-4-6-13(15(20)19-11)16(21)18-9-12-5-2-3-7-14(12)17/h2-8,10H,9H2,1H3,(H,18,21). The van der Waals surface area contributed by atoms with Gasteiger partial charge in [0.25, 0.3) is 5.91 Å². The lowest BCUT2D eigenvalue weighted by atomic mass is 10.2. The number of aromatic nitrogens is 2. The number of fused-ring (bicyclic) bond motifs is 1. The van der Waals surface area contributed by atoms with Crippen molar-refractivity contribution < 1.29 is 4.79 Å². The summed E-state index contributed by atoms with van der Waals surface area (Å²) in [6.45, 7) is 2.29. The number of benzene rings is 1. The quantitative estimate of drug-likeness (QED) is 0.807. The number of hydrogen-bond donors (Lipinski definition) is 1. The average Bonchev–Trinajstić information content (AvgIpc) is 2.86. The second-order valence-corrected chi connectivity index (χ2v) is 5.22. The van der Waals surface area contributed by atoms with Crippen molar-refractivity contribution >= 4 is 23.2 Å². The fourth-order valence-corrected chi connectivity index (χ4v) is 2.43. The highest BCUT2D eigenvalue weighted by molar-refractivity contribution is 6.31. The highest BCUT2D eigenvalue weighted by atomic mass is 35.5. The van der Waals surface area contributed by atoms with Crippen LogP contribution in [0.3, 0.4) is 0 Å². The molecule has 0 saturated heterocycles. The van der Waals surface area contributed by atoms with Gasteiger partial charge >= 0.3 is 0 Å². The van der Waals surface area contributed by atoms with E-state index in [9.17, 15) is 4.79 Å². The molecule has 1 N–H and O–H groups in total. The van der Waals surface area contributed by atoms with E-state index in [1.54, 1.807) is 6.07 Å². The van der Waals surface area contributed by atoms with Gasteiger partial charge in [0, 0.05) is 24.0 Å². The molecule has 0 fully saturated rings. The predicted octanol–water partition coefficient (Wildman–Crippen LogP) is 3.23. The van der Waals surface area contributed by atoms with E-state index in [0.717, 1.165) is 11.3 Å². The Morgan fingerprint density at radius 1 is 1.29 bits per heavy atom. The molecule has 5 heteroatoms. The second-order valence-electron chi connectivity index (χ2n) is 4.81. The van der Waals surface area contributed by atoms with Gasteiger partial charge in [0.15, 0.2) is 0 Å². The SMILES string of the molecule is Cc1cn2cccc(C(=O)NCc3ccccc3Cl)c2n1. The molecule has 0 aliphatic rings. The van der Waals surface area contributed by atoms with Crippen LogP contribution in [0.25, 0.3) is 5.65 Å². The van der Waals surface area contributed by atoms with Crippen molar-refractivity contribution in [2.24, 2.45) is 0 Å². The van der Waals surface area contributed by atoms with Gasteiger partial charge in [0.05, 0.1) is 11.3 Å². The number of aryl methyl sites for hydroxylation is 1. The summed E-state index contributed by atoms with van der Waals surface area (Å²) < 4.78 is 1.85. The molecule has 1 amide bonds. The van der Waals surface area contributed by atoms with Crippen molar-refractivity contribution in [3.05, 3.63) is 70.6 Å². The van der Waals surface area contributed by atoms with Gasteiger partial charge in [-0.1, -0.05) is 29.8 Å². The molecule has 0 unspecified atom stereocenters. The lowest BCUT2D eigenvalue weighted by Crippen LogP contribution is -2.23. The maximum Gasteiger partial charge on any atom is 0.255 e. The van der Waals surface area contributed by atoms with Crippen LogP contribution < -0.4 is 5.32 Å². The lowest BCUT2D eigenvalue weighted by Gasteiger charge is -2.07. The molecule has 0 radical (unpaired) electrons. The van der Waals surface area contributed by atoms with Crippen LogP contribution in [0.1, 0.15) is 21.6 Å². The Hall–Kier alpha value is -2.33. The van der Waals surface area contributed by atoms with E-state index in [0.29, 0.717) is 22.8 Å². The zero-order valence-electron chi connectivity index (χ0n) is 11.5. The minimum atomic E-state index is -0.161. The van der Waals surface area contributed by atoms with E-state index in [1.807, 2.05) is 54.0 Å². The van der Waals surface area contributed by atoms with Crippen LogP contribution in [0.2, 0.25) is 5.02 Å². The van der Waals surface area contributed by atoms with Gasteiger partial charge in [-0.2, -0.15) is 0 Å². The Morgan fingerprint density at radius 3 is 2.90 bits per heavy atom. The van der Waals surface area contributed by atoms with Crippen molar-refractivity contribution in [3.63, 3.8) is 0 Å². The number of pyridine rings is 1. The summed E-state index contributed by atoms with van der Waals surface area (Å²) in [5, 5.41) is 3.53. The molecule has 3 aromatic rings. The van der Waals surface area contributed by atoms with Crippen LogP contribution in [0.4, 0.5) is 0 Å². The molecular weight excluding hydrogens is 286 g/mol. The molecule has 21 heavy (non-hydrogen) atoms. The van der Waals surface area contributed by atoms with Crippen molar-refractivity contribution in [2.75, 3.05) is 0 Å². The monoisotopic (exact) mass is 299 g/mol. The number of carbonyl (C=O) groups is 1. The molecule has 0 aliphatic heterocycles. The number of hydrogen-bond acceptors (Lipinski definition) is 2. The third-order valence-corrected chi connectivity index (χ3v) is 3.61. The zero-order chi connectivity index (χ0) is 14.8. The average molecular weight is 300 g/mol. The molecule has 0 bridgehead atoms. The maximum atomic E-state index is 12.3.